The molecule has 1 aromatic carbocycles. The van der Waals surface area contributed by atoms with E-state index in [1.54, 1.807) is 30.5 Å². The average Bonchev–Trinajstić information content (AvgIpc) is 2.39. The zero-order chi connectivity index (χ0) is 13.0. The van der Waals surface area contributed by atoms with Crippen molar-refractivity contribution in [2.24, 2.45) is 0 Å². The first-order valence-electron chi connectivity index (χ1n) is 5.16. The summed E-state index contributed by atoms with van der Waals surface area (Å²) in [4.78, 5) is 7.83. The monoisotopic (exact) mass is 241 g/mol. The second-order valence-corrected chi connectivity index (χ2v) is 3.45. The van der Waals surface area contributed by atoms with Crippen LogP contribution in [0.3, 0.4) is 0 Å². The summed E-state index contributed by atoms with van der Waals surface area (Å²) in [5.74, 6) is 1.31. The van der Waals surface area contributed by atoms with Crippen molar-refractivity contribution in [3.8, 4) is 11.8 Å². The highest BCUT2D eigenvalue weighted by molar-refractivity contribution is 5.66. The Balaban J connectivity index is 2.32. The van der Waals surface area contributed by atoms with Crippen LogP contribution in [0.15, 0.2) is 30.5 Å². The topological polar surface area (TPSA) is 96.8 Å². The Hall–Kier alpha value is -2.81. The number of nitrogen functional groups attached to an aromatic ring is 1. The van der Waals surface area contributed by atoms with Crippen LogP contribution in [0.2, 0.25) is 0 Å². The minimum absolute atomic E-state index is 0.188. The summed E-state index contributed by atoms with van der Waals surface area (Å²) in [5.41, 5.74) is 6.72. The van der Waals surface area contributed by atoms with Gasteiger partial charge in [0, 0.05) is 12.3 Å². The van der Waals surface area contributed by atoms with Crippen LogP contribution in [0.4, 0.5) is 17.5 Å². The molecule has 0 saturated carbocycles. The van der Waals surface area contributed by atoms with Gasteiger partial charge in [-0.15, -0.1) is 0 Å². The van der Waals surface area contributed by atoms with Gasteiger partial charge >= 0.3 is 0 Å². The highest BCUT2D eigenvalue weighted by Gasteiger charge is 2.05. The summed E-state index contributed by atoms with van der Waals surface area (Å²) >= 11 is 0. The smallest absolute Gasteiger partial charge is 0.221 e. The molecule has 2 aromatic rings. The van der Waals surface area contributed by atoms with Crippen molar-refractivity contribution >= 4 is 17.5 Å². The summed E-state index contributed by atoms with van der Waals surface area (Å²) in [7, 11) is 1.54. The predicted molar refractivity (Wildman–Crippen MR) is 67.4 cm³/mol. The molecule has 0 aliphatic carbocycles. The van der Waals surface area contributed by atoms with Gasteiger partial charge in [-0.25, -0.2) is 4.98 Å². The van der Waals surface area contributed by atoms with E-state index in [1.807, 2.05) is 6.07 Å². The molecule has 18 heavy (non-hydrogen) atoms. The standard InChI is InChI=1S/C12H11N5O/c1-18-10-6-8(7-13)2-3-9(10)16-11-4-5-15-12(14)17-11/h2-6H,1H3,(H3,14,15,16,17). The Kier molecular flexibility index (Phi) is 3.25. The molecule has 0 fully saturated rings. The molecule has 2 rings (SSSR count). The lowest BCUT2D eigenvalue weighted by molar-refractivity contribution is 0.416. The van der Waals surface area contributed by atoms with E-state index in [0.717, 1.165) is 0 Å². The van der Waals surface area contributed by atoms with Crippen molar-refractivity contribution in [1.82, 2.24) is 9.97 Å². The highest BCUT2D eigenvalue weighted by atomic mass is 16.5. The molecule has 0 atom stereocenters. The normalized spacial score (nSPS) is 9.56. The van der Waals surface area contributed by atoms with E-state index in [-0.39, 0.29) is 5.95 Å². The molecule has 6 heteroatoms. The molecular weight excluding hydrogens is 230 g/mol. The number of anilines is 3. The number of nitrogens with one attached hydrogen (secondary N) is 1. The number of rotatable bonds is 3. The van der Waals surface area contributed by atoms with Gasteiger partial charge in [0.1, 0.15) is 11.6 Å². The number of benzene rings is 1. The van der Waals surface area contributed by atoms with Crippen LogP contribution in [0, 0.1) is 11.3 Å². The maximum Gasteiger partial charge on any atom is 0.221 e. The molecule has 0 aliphatic rings. The van der Waals surface area contributed by atoms with Crippen LogP contribution >= 0.6 is 0 Å². The molecule has 3 N–H and O–H groups in total. The number of hydrogen-bond donors (Lipinski definition) is 2. The van der Waals surface area contributed by atoms with Crippen molar-refractivity contribution in [3.63, 3.8) is 0 Å². The van der Waals surface area contributed by atoms with Crippen LogP contribution in [0.5, 0.6) is 5.75 Å². The Bertz CT molecular complexity index is 606. The van der Waals surface area contributed by atoms with E-state index in [0.29, 0.717) is 22.8 Å². The third-order valence-corrected chi connectivity index (χ3v) is 2.27. The molecule has 0 radical (unpaired) electrons. The van der Waals surface area contributed by atoms with Crippen molar-refractivity contribution in [2.45, 2.75) is 0 Å². The van der Waals surface area contributed by atoms with Crippen LogP contribution in [-0.4, -0.2) is 17.1 Å². The number of hydrogen-bond acceptors (Lipinski definition) is 6. The van der Waals surface area contributed by atoms with Gasteiger partial charge in [0.05, 0.1) is 24.4 Å². The van der Waals surface area contributed by atoms with Gasteiger partial charge in [-0.1, -0.05) is 0 Å². The summed E-state index contributed by atoms with van der Waals surface area (Å²) in [6, 6.07) is 8.82. The lowest BCUT2D eigenvalue weighted by atomic mass is 10.2. The van der Waals surface area contributed by atoms with Crippen molar-refractivity contribution in [2.75, 3.05) is 18.2 Å². The van der Waals surface area contributed by atoms with Crippen molar-refractivity contribution < 1.29 is 4.74 Å². The number of nitriles is 1. The van der Waals surface area contributed by atoms with Gasteiger partial charge in [0.2, 0.25) is 5.95 Å². The van der Waals surface area contributed by atoms with Gasteiger partial charge < -0.3 is 15.8 Å². The van der Waals surface area contributed by atoms with E-state index < -0.39 is 0 Å². The minimum atomic E-state index is 0.188. The minimum Gasteiger partial charge on any atom is -0.495 e. The number of methoxy groups -OCH3 is 1. The number of ether oxygens (including phenoxy) is 1. The highest BCUT2D eigenvalue weighted by Crippen LogP contribution is 2.27. The number of nitrogens with two attached hydrogens (primary N) is 1. The first-order valence-corrected chi connectivity index (χ1v) is 5.16. The van der Waals surface area contributed by atoms with E-state index in [9.17, 15) is 0 Å². The van der Waals surface area contributed by atoms with E-state index in [2.05, 4.69) is 15.3 Å². The molecule has 90 valence electrons. The average molecular weight is 241 g/mol. The fraction of sp³-hybridized carbons (Fsp3) is 0.0833. The molecule has 0 aliphatic heterocycles. The molecule has 6 nitrogen and oxygen atoms in total. The summed E-state index contributed by atoms with van der Waals surface area (Å²) in [6.45, 7) is 0. The van der Waals surface area contributed by atoms with E-state index in [1.165, 1.54) is 7.11 Å². The lowest BCUT2D eigenvalue weighted by Crippen LogP contribution is -2.00. The molecule has 0 unspecified atom stereocenters. The van der Waals surface area contributed by atoms with Crippen molar-refractivity contribution in [3.05, 3.63) is 36.0 Å². The van der Waals surface area contributed by atoms with E-state index in [4.69, 9.17) is 15.7 Å². The molecule has 0 bridgehead atoms. The van der Waals surface area contributed by atoms with Gasteiger partial charge in [0.15, 0.2) is 0 Å². The second kappa shape index (κ2) is 5.01. The second-order valence-electron chi connectivity index (χ2n) is 3.45. The largest absolute Gasteiger partial charge is 0.495 e. The zero-order valence-corrected chi connectivity index (χ0v) is 9.71. The molecule has 0 spiro atoms. The van der Waals surface area contributed by atoms with Gasteiger partial charge in [-0.05, 0) is 18.2 Å². The van der Waals surface area contributed by atoms with Crippen molar-refractivity contribution in [1.29, 1.82) is 5.26 Å². The third-order valence-electron chi connectivity index (χ3n) is 2.27. The Morgan fingerprint density at radius 3 is 2.89 bits per heavy atom. The first kappa shape index (κ1) is 11.7. The quantitative estimate of drug-likeness (QED) is 0.848. The predicted octanol–water partition coefficient (Wildman–Crippen LogP) is 1.68. The number of aromatic nitrogens is 2. The fourth-order valence-electron chi connectivity index (χ4n) is 1.45. The molecular formula is C12H11N5O. The fourth-order valence-corrected chi connectivity index (χ4v) is 1.45. The molecule has 1 aromatic heterocycles. The first-order chi connectivity index (χ1) is 8.72. The molecule has 0 saturated heterocycles. The molecule has 0 amide bonds. The van der Waals surface area contributed by atoms with Gasteiger partial charge in [-0.3, -0.25) is 0 Å². The van der Waals surface area contributed by atoms with Crippen LogP contribution < -0.4 is 15.8 Å². The number of nitrogens with zero attached hydrogens (tertiary/aromatic N) is 3. The maximum atomic E-state index is 8.81. The Morgan fingerprint density at radius 1 is 1.39 bits per heavy atom. The summed E-state index contributed by atoms with van der Waals surface area (Å²) in [6.07, 6.45) is 1.56. The Labute approximate surface area is 104 Å². The summed E-state index contributed by atoms with van der Waals surface area (Å²) in [5, 5.41) is 11.9. The lowest BCUT2D eigenvalue weighted by Gasteiger charge is -2.10. The van der Waals surface area contributed by atoms with Crippen LogP contribution in [-0.2, 0) is 0 Å². The van der Waals surface area contributed by atoms with Crippen LogP contribution in [0.25, 0.3) is 0 Å². The molecule has 1 heterocycles. The van der Waals surface area contributed by atoms with Gasteiger partial charge in [-0.2, -0.15) is 10.2 Å². The van der Waals surface area contributed by atoms with Crippen LogP contribution in [0.1, 0.15) is 5.56 Å². The maximum absolute atomic E-state index is 8.81. The zero-order valence-electron chi connectivity index (χ0n) is 9.71. The van der Waals surface area contributed by atoms with Gasteiger partial charge in [0.25, 0.3) is 0 Å². The summed E-state index contributed by atoms with van der Waals surface area (Å²) < 4.78 is 5.20. The van der Waals surface area contributed by atoms with E-state index >= 15 is 0 Å². The SMILES string of the molecule is COc1cc(C#N)ccc1Nc1ccnc(N)n1. The third kappa shape index (κ3) is 2.47. The Morgan fingerprint density at radius 2 is 2.22 bits per heavy atom.